The van der Waals surface area contributed by atoms with Crippen molar-refractivity contribution >= 4 is 0 Å². The molecule has 2 aromatic heterocycles. The number of nitrogens with zero attached hydrogens (tertiary/aromatic N) is 3. The lowest BCUT2D eigenvalue weighted by atomic mass is 9.87. The zero-order valence-corrected chi connectivity index (χ0v) is 14.3. The number of pyridine rings is 1. The van der Waals surface area contributed by atoms with E-state index in [1.165, 1.54) is 16.8 Å². The summed E-state index contributed by atoms with van der Waals surface area (Å²) in [5.74, 6) is 1.74. The van der Waals surface area contributed by atoms with E-state index < -0.39 is 0 Å². The van der Waals surface area contributed by atoms with Crippen LogP contribution in [0.5, 0.6) is 5.75 Å². The third-order valence-electron chi connectivity index (χ3n) is 4.99. The van der Waals surface area contributed by atoms with E-state index in [1.54, 1.807) is 7.11 Å². The fourth-order valence-electron chi connectivity index (χ4n) is 3.74. The van der Waals surface area contributed by atoms with Gasteiger partial charge in [-0.1, -0.05) is 18.2 Å². The Morgan fingerprint density at radius 2 is 1.92 bits per heavy atom. The second-order valence-electron chi connectivity index (χ2n) is 6.55. The summed E-state index contributed by atoms with van der Waals surface area (Å²) in [5.41, 5.74) is 3.80. The minimum absolute atomic E-state index is 0.410. The molecule has 0 unspecified atom stereocenters. The molecule has 1 N–H and O–H groups in total. The highest BCUT2D eigenvalue weighted by Gasteiger charge is 2.35. The van der Waals surface area contributed by atoms with E-state index >= 15 is 0 Å². The molecule has 0 radical (unpaired) electrons. The Morgan fingerprint density at radius 3 is 2.60 bits per heavy atom. The standard InChI is InChI=1S/C20H22N4O/c1-25-17-6-4-16(5-7-17)18-13-24(12-15-3-2-9-21-11-15)14-19(18)20-8-10-22-23-20/h2-11,18-19H,12-14H2,1H3,(H,22,23)/t18-,19+/m0/s1. The molecule has 0 amide bonds. The monoisotopic (exact) mass is 334 g/mol. The van der Waals surface area contributed by atoms with Gasteiger partial charge in [0.2, 0.25) is 0 Å². The molecule has 0 spiro atoms. The molecule has 5 nitrogen and oxygen atoms in total. The third-order valence-corrected chi connectivity index (χ3v) is 4.99. The van der Waals surface area contributed by atoms with E-state index in [4.69, 9.17) is 4.74 Å². The molecule has 128 valence electrons. The molecule has 1 aliphatic heterocycles. The Morgan fingerprint density at radius 1 is 1.08 bits per heavy atom. The molecule has 0 saturated carbocycles. The summed E-state index contributed by atoms with van der Waals surface area (Å²) in [6.07, 6.45) is 5.61. The second-order valence-corrected chi connectivity index (χ2v) is 6.55. The molecule has 3 aromatic rings. The van der Waals surface area contributed by atoms with Gasteiger partial charge in [0.1, 0.15) is 5.75 Å². The first-order valence-corrected chi connectivity index (χ1v) is 8.58. The van der Waals surface area contributed by atoms with Crippen molar-refractivity contribution in [3.05, 3.63) is 77.9 Å². The molecular formula is C20H22N4O. The average molecular weight is 334 g/mol. The minimum Gasteiger partial charge on any atom is -0.497 e. The third kappa shape index (κ3) is 3.42. The highest BCUT2D eigenvalue weighted by atomic mass is 16.5. The van der Waals surface area contributed by atoms with Crippen LogP contribution in [0.3, 0.4) is 0 Å². The highest BCUT2D eigenvalue weighted by molar-refractivity contribution is 5.33. The molecule has 4 rings (SSSR count). The number of aromatic nitrogens is 3. The topological polar surface area (TPSA) is 54.0 Å². The van der Waals surface area contributed by atoms with Gasteiger partial charge in [-0.2, -0.15) is 5.10 Å². The summed E-state index contributed by atoms with van der Waals surface area (Å²) in [7, 11) is 1.70. The van der Waals surface area contributed by atoms with Crippen LogP contribution in [0.1, 0.15) is 28.7 Å². The first-order chi connectivity index (χ1) is 12.3. The van der Waals surface area contributed by atoms with E-state index in [-0.39, 0.29) is 0 Å². The van der Waals surface area contributed by atoms with Crippen LogP contribution in [-0.4, -0.2) is 40.3 Å². The Hall–Kier alpha value is -2.66. The molecule has 0 aliphatic carbocycles. The molecule has 1 fully saturated rings. The Balaban J connectivity index is 1.58. The van der Waals surface area contributed by atoms with E-state index in [2.05, 4.69) is 44.3 Å². The first-order valence-electron chi connectivity index (χ1n) is 8.58. The zero-order valence-electron chi connectivity index (χ0n) is 14.3. The van der Waals surface area contributed by atoms with Crippen LogP contribution in [0.2, 0.25) is 0 Å². The first kappa shape index (κ1) is 15.8. The molecule has 25 heavy (non-hydrogen) atoms. The summed E-state index contributed by atoms with van der Waals surface area (Å²) in [6, 6.07) is 14.7. The van der Waals surface area contributed by atoms with Crippen LogP contribution in [0.15, 0.2) is 61.1 Å². The van der Waals surface area contributed by atoms with E-state index in [0.717, 1.165) is 25.4 Å². The van der Waals surface area contributed by atoms with Crippen molar-refractivity contribution in [3.8, 4) is 5.75 Å². The number of nitrogens with one attached hydrogen (secondary N) is 1. The van der Waals surface area contributed by atoms with Crippen molar-refractivity contribution in [1.82, 2.24) is 20.1 Å². The molecule has 1 saturated heterocycles. The lowest BCUT2D eigenvalue weighted by molar-refractivity contribution is 0.323. The molecule has 3 heterocycles. The quantitative estimate of drug-likeness (QED) is 0.778. The van der Waals surface area contributed by atoms with Gasteiger partial charge in [-0.15, -0.1) is 0 Å². The number of methoxy groups -OCH3 is 1. The molecule has 2 atom stereocenters. The van der Waals surface area contributed by atoms with Gasteiger partial charge in [0.15, 0.2) is 0 Å². The SMILES string of the molecule is COc1ccc([C@@H]2CN(Cc3cccnc3)C[C@H]2c2ccn[nH]2)cc1. The van der Waals surface area contributed by atoms with Crippen molar-refractivity contribution in [2.24, 2.45) is 0 Å². The smallest absolute Gasteiger partial charge is 0.118 e. The molecule has 1 aromatic carbocycles. The molecule has 5 heteroatoms. The van der Waals surface area contributed by atoms with Gasteiger partial charge >= 0.3 is 0 Å². The van der Waals surface area contributed by atoms with Crippen LogP contribution in [0.4, 0.5) is 0 Å². The number of H-pyrrole nitrogens is 1. The van der Waals surface area contributed by atoms with Crippen LogP contribution in [-0.2, 0) is 6.54 Å². The highest BCUT2D eigenvalue weighted by Crippen LogP contribution is 2.39. The largest absolute Gasteiger partial charge is 0.497 e. The number of ether oxygens (including phenoxy) is 1. The van der Waals surface area contributed by atoms with Gasteiger partial charge < -0.3 is 4.74 Å². The predicted molar refractivity (Wildman–Crippen MR) is 96.6 cm³/mol. The summed E-state index contributed by atoms with van der Waals surface area (Å²) in [6.45, 7) is 2.95. The summed E-state index contributed by atoms with van der Waals surface area (Å²) in [4.78, 5) is 6.73. The van der Waals surface area contributed by atoms with Gasteiger partial charge in [-0.3, -0.25) is 15.0 Å². The molecule has 0 bridgehead atoms. The number of aromatic amines is 1. The van der Waals surface area contributed by atoms with Crippen molar-refractivity contribution in [2.45, 2.75) is 18.4 Å². The fraction of sp³-hybridized carbons (Fsp3) is 0.300. The van der Waals surface area contributed by atoms with Crippen molar-refractivity contribution < 1.29 is 4.74 Å². The fourth-order valence-corrected chi connectivity index (χ4v) is 3.74. The van der Waals surface area contributed by atoms with Gasteiger partial charge in [-0.25, -0.2) is 0 Å². The van der Waals surface area contributed by atoms with Gasteiger partial charge in [0, 0.05) is 55.8 Å². The van der Waals surface area contributed by atoms with Crippen LogP contribution in [0.25, 0.3) is 0 Å². The average Bonchev–Trinajstić information content (AvgIpc) is 3.32. The Kier molecular flexibility index (Phi) is 4.48. The van der Waals surface area contributed by atoms with Gasteiger partial charge in [-0.05, 0) is 35.4 Å². The summed E-state index contributed by atoms with van der Waals surface area (Å²) < 4.78 is 5.30. The van der Waals surface area contributed by atoms with E-state index in [0.29, 0.717) is 11.8 Å². The van der Waals surface area contributed by atoms with Crippen molar-refractivity contribution in [1.29, 1.82) is 0 Å². The maximum absolute atomic E-state index is 5.30. The zero-order chi connectivity index (χ0) is 17.1. The normalized spacial score (nSPS) is 20.7. The number of hydrogen-bond donors (Lipinski definition) is 1. The maximum Gasteiger partial charge on any atom is 0.118 e. The van der Waals surface area contributed by atoms with Crippen LogP contribution < -0.4 is 4.74 Å². The van der Waals surface area contributed by atoms with Crippen molar-refractivity contribution in [2.75, 3.05) is 20.2 Å². The van der Waals surface area contributed by atoms with Gasteiger partial charge in [0.05, 0.1) is 7.11 Å². The van der Waals surface area contributed by atoms with Crippen LogP contribution >= 0.6 is 0 Å². The lowest BCUT2D eigenvalue weighted by Gasteiger charge is -2.17. The minimum atomic E-state index is 0.410. The summed E-state index contributed by atoms with van der Waals surface area (Å²) >= 11 is 0. The number of likely N-dealkylation sites (tertiary alicyclic amines) is 1. The maximum atomic E-state index is 5.30. The predicted octanol–water partition coefficient (Wildman–Crippen LogP) is 3.20. The summed E-state index contributed by atoms with van der Waals surface area (Å²) in [5, 5.41) is 7.33. The Labute approximate surface area is 147 Å². The second kappa shape index (κ2) is 7.07. The molecule has 1 aliphatic rings. The van der Waals surface area contributed by atoms with E-state index in [9.17, 15) is 0 Å². The molecular weight excluding hydrogens is 312 g/mol. The number of rotatable bonds is 5. The van der Waals surface area contributed by atoms with Crippen LogP contribution in [0, 0.1) is 0 Å². The Bertz CT molecular complexity index is 786. The van der Waals surface area contributed by atoms with E-state index in [1.807, 2.05) is 36.8 Å². The van der Waals surface area contributed by atoms with Gasteiger partial charge in [0.25, 0.3) is 0 Å². The lowest BCUT2D eigenvalue weighted by Crippen LogP contribution is -2.20. The van der Waals surface area contributed by atoms with Crippen molar-refractivity contribution in [3.63, 3.8) is 0 Å². The number of hydrogen-bond acceptors (Lipinski definition) is 4. The number of benzene rings is 1.